The number of amides is 2. The molecule has 0 fully saturated rings. The molecule has 0 bridgehead atoms. The summed E-state index contributed by atoms with van der Waals surface area (Å²) >= 11 is 6.10. The minimum absolute atomic E-state index is 0.200. The molecule has 0 saturated carbocycles. The van der Waals surface area contributed by atoms with Crippen LogP contribution in [0, 0.1) is 0 Å². The summed E-state index contributed by atoms with van der Waals surface area (Å²) in [6.45, 7) is 0.200. The maximum atomic E-state index is 13.6. The summed E-state index contributed by atoms with van der Waals surface area (Å²) in [6.07, 6.45) is -2.68. The van der Waals surface area contributed by atoms with E-state index in [-0.39, 0.29) is 12.2 Å². The first-order chi connectivity index (χ1) is 16.3. The molecule has 1 N–H and O–H groups in total. The molecule has 2 amide bonds. The van der Waals surface area contributed by atoms with Gasteiger partial charge in [0, 0.05) is 16.9 Å². The topological polar surface area (TPSA) is 37.3 Å². The predicted molar refractivity (Wildman–Crippen MR) is 125 cm³/mol. The number of para-hydroxylation sites is 2. The molecule has 0 aliphatic carbocycles. The maximum absolute atomic E-state index is 13.6. The lowest BCUT2D eigenvalue weighted by Crippen LogP contribution is -2.38. The zero-order chi connectivity index (χ0) is 23.9. The fraction of sp³-hybridized carbons (Fsp3) is 0.115. The summed E-state index contributed by atoms with van der Waals surface area (Å²) in [6, 6.07) is 22.3. The Morgan fingerprint density at radius 1 is 0.912 bits per heavy atom. The van der Waals surface area contributed by atoms with Gasteiger partial charge in [0.25, 0.3) is 0 Å². The number of anilines is 1. The Morgan fingerprint density at radius 3 is 2.38 bits per heavy atom. The molecular formula is C26H19ClF3N3O. The van der Waals surface area contributed by atoms with Gasteiger partial charge in [0.1, 0.15) is 0 Å². The van der Waals surface area contributed by atoms with Gasteiger partial charge in [-0.05, 0) is 53.6 Å². The maximum Gasteiger partial charge on any atom is 0.418 e. The molecule has 0 radical (unpaired) electrons. The molecule has 1 aliphatic rings. The Bertz CT molecular complexity index is 1350. The highest BCUT2D eigenvalue weighted by molar-refractivity contribution is 6.30. The van der Waals surface area contributed by atoms with Gasteiger partial charge >= 0.3 is 12.2 Å². The van der Waals surface area contributed by atoms with Crippen LogP contribution in [-0.2, 0) is 12.7 Å². The molecule has 4 nitrogen and oxygen atoms in total. The molecule has 4 aromatic rings. The second-order valence-corrected chi connectivity index (χ2v) is 8.42. The number of nitrogens with zero attached hydrogens (tertiary/aromatic N) is 2. The number of nitrogens with one attached hydrogen (secondary N) is 1. The molecule has 1 aliphatic heterocycles. The van der Waals surface area contributed by atoms with Crippen LogP contribution in [0.3, 0.4) is 0 Å². The van der Waals surface area contributed by atoms with Crippen molar-refractivity contribution in [3.05, 3.63) is 119 Å². The van der Waals surface area contributed by atoms with Crippen LogP contribution in [0.15, 0.2) is 91.1 Å². The second-order valence-electron chi connectivity index (χ2n) is 7.99. The van der Waals surface area contributed by atoms with Crippen LogP contribution in [0.1, 0.15) is 28.4 Å². The number of hydrogen-bond donors (Lipinski definition) is 1. The number of rotatable bonds is 2. The third-order valence-electron chi connectivity index (χ3n) is 5.88. The van der Waals surface area contributed by atoms with Crippen molar-refractivity contribution in [2.45, 2.75) is 18.8 Å². The highest BCUT2D eigenvalue weighted by atomic mass is 35.5. The molecule has 172 valence electrons. The summed E-state index contributed by atoms with van der Waals surface area (Å²) in [5.74, 6) is 0. The number of benzene rings is 3. The lowest BCUT2D eigenvalue weighted by atomic mass is 10.0. The van der Waals surface area contributed by atoms with Gasteiger partial charge in [-0.1, -0.05) is 54.1 Å². The number of aromatic nitrogens is 1. The molecule has 1 atom stereocenters. The van der Waals surface area contributed by atoms with Gasteiger partial charge in [-0.15, -0.1) is 0 Å². The Labute approximate surface area is 199 Å². The van der Waals surface area contributed by atoms with E-state index in [2.05, 4.69) is 5.32 Å². The molecule has 8 heteroatoms. The Morgan fingerprint density at radius 2 is 1.62 bits per heavy atom. The number of carbonyl (C=O) groups excluding carboxylic acids is 1. The fourth-order valence-electron chi connectivity index (χ4n) is 4.36. The quantitative estimate of drug-likeness (QED) is 0.321. The molecule has 34 heavy (non-hydrogen) atoms. The van der Waals surface area contributed by atoms with Crippen molar-refractivity contribution in [2.24, 2.45) is 0 Å². The first-order valence-electron chi connectivity index (χ1n) is 10.6. The zero-order valence-corrected chi connectivity index (χ0v) is 18.5. The third kappa shape index (κ3) is 4.03. The largest absolute Gasteiger partial charge is 0.418 e. The van der Waals surface area contributed by atoms with Crippen LogP contribution < -0.4 is 5.32 Å². The molecule has 0 unspecified atom stereocenters. The van der Waals surface area contributed by atoms with E-state index >= 15 is 0 Å². The number of alkyl halides is 3. The van der Waals surface area contributed by atoms with Crippen molar-refractivity contribution in [2.75, 3.05) is 5.32 Å². The van der Waals surface area contributed by atoms with E-state index in [0.717, 1.165) is 28.6 Å². The standard InChI is InChI=1S/C26H19ClF3N3O/c27-19-13-11-17(12-14-19)24-23-10-5-15-32(23)22-9-4-1-6-18(22)16-33(24)25(34)31-21-8-3-2-7-20(21)26(28,29)30/h1-15,24H,16H2,(H,31,34)/t24-/m0/s1. The number of carbonyl (C=O) groups is 1. The van der Waals surface area contributed by atoms with Crippen molar-refractivity contribution in [1.29, 1.82) is 0 Å². The van der Waals surface area contributed by atoms with Crippen LogP contribution in [0.4, 0.5) is 23.7 Å². The van der Waals surface area contributed by atoms with E-state index in [4.69, 9.17) is 11.6 Å². The van der Waals surface area contributed by atoms with Gasteiger partial charge in [-0.3, -0.25) is 0 Å². The van der Waals surface area contributed by atoms with Crippen LogP contribution in [0.25, 0.3) is 5.69 Å². The van der Waals surface area contributed by atoms with Crippen molar-refractivity contribution >= 4 is 23.3 Å². The van der Waals surface area contributed by atoms with Crippen molar-refractivity contribution in [3.63, 3.8) is 0 Å². The summed E-state index contributed by atoms with van der Waals surface area (Å²) < 4.78 is 42.7. The minimum atomic E-state index is -4.60. The van der Waals surface area contributed by atoms with Crippen LogP contribution in [-0.4, -0.2) is 15.5 Å². The Hall–Kier alpha value is -3.71. The van der Waals surface area contributed by atoms with Gasteiger partial charge in [-0.2, -0.15) is 13.2 Å². The molecule has 5 rings (SSSR count). The number of urea groups is 1. The van der Waals surface area contributed by atoms with Gasteiger partial charge < -0.3 is 14.8 Å². The van der Waals surface area contributed by atoms with Gasteiger partial charge in [0.05, 0.1) is 29.5 Å². The van der Waals surface area contributed by atoms with Gasteiger partial charge in [0.15, 0.2) is 0 Å². The van der Waals surface area contributed by atoms with Gasteiger partial charge in [0.2, 0.25) is 0 Å². The normalized spacial score (nSPS) is 15.3. The van der Waals surface area contributed by atoms with E-state index < -0.39 is 23.8 Å². The van der Waals surface area contributed by atoms with Crippen molar-refractivity contribution in [3.8, 4) is 5.69 Å². The van der Waals surface area contributed by atoms with E-state index in [0.29, 0.717) is 5.02 Å². The predicted octanol–water partition coefficient (Wildman–Crippen LogP) is 7.29. The summed E-state index contributed by atoms with van der Waals surface area (Å²) in [7, 11) is 0. The van der Waals surface area contributed by atoms with Crippen molar-refractivity contribution < 1.29 is 18.0 Å². The Kier molecular flexibility index (Phi) is 5.57. The average molecular weight is 482 g/mol. The molecule has 3 aromatic carbocycles. The highest BCUT2D eigenvalue weighted by Crippen LogP contribution is 2.39. The minimum Gasteiger partial charge on any atom is -0.318 e. The van der Waals surface area contributed by atoms with Crippen molar-refractivity contribution in [1.82, 2.24) is 9.47 Å². The summed E-state index contributed by atoms with van der Waals surface area (Å²) in [5, 5.41) is 3.06. The van der Waals surface area contributed by atoms with E-state index in [1.807, 2.05) is 59.3 Å². The smallest absolute Gasteiger partial charge is 0.318 e. The highest BCUT2D eigenvalue weighted by Gasteiger charge is 2.36. The molecule has 1 aromatic heterocycles. The lowest BCUT2D eigenvalue weighted by Gasteiger charge is -2.31. The Balaban J connectivity index is 1.62. The van der Waals surface area contributed by atoms with E-state index in [1.165, 1.54) is 18.2 Å². The van der Waals surface area contributed by atoms with Gasteiger partial charge in [-0.25, -0.2) is 4.79 Å². The van der Waals surface area contributed by atoms with Crippen LogP contribution in [0.2, 0.25) is 5.02 Å². The summed E-state index contributed by atoms with van der Waals surface area (Å²) in [5.41, 5.74) is 2.19. The number of halogens is 4. The van der Waals surface area contributed by atoms with E-state index in [1.54, 1.807) is 17.0 Å². The molecule has 0 saturated heterocycles. The lowest BCUT2D eigenvalue weighted by molar-refractivity contribution is -0.136. The first-order valence-corrected chi connectivity index (χ1v) is 11.0. The molecule has 2 heterocycles. The second kappa shape index (κ2) is 8.57. The van der Waals surface area contributed by atoms with Crippen LogP contribution >= 0.6 is 11.6 Å². The SMILES string of the molecule is O=C(Nc1ccccc1C(F)(F)F)N1Cc2ccccc2-n2cccc2[C@@H]1c1ccc(Cl)cc1. The fourth-order valence-corrected chi connectivity index (χ4v) is 4.49. The summed E-state index contributed by atoms with van der Waals surface area (Å²) in [4.78, 5) is 15.2. The third-order valence-corrected chi connectivity index (χ3v) is 6.14. The molecular weight excluding hydrogens is 463 g/mol. The zero-order valence-electron chi connectivity index (χ0n) is 17.8. The first kappa shape index (κ1) is 22.1. The monoisotopic (exact) mass is 481 g/mol. The number of hydrogen-bond acceptors (Lipinski definition) is 1. The van der Waals surface area contributed by atoms with E-state index in [9.17, 15) is 18.0 Å². The van der Waals surface area contributed by atoms with Crippen LogP contribution in [0.5, 0.6) is 0 Å². The number of fused-ring (bicyclic) bond motifs is 3. The average Bonchev–Trinajstić information content (AvgIpc) is 3.24. The molecule has 0 spiro atoms.